The topological polar surface area (TPSA) is 49.4 Å². The van der Waals surface area contributed by atoms with Gasteiger partial charge in [-0.1, -0.05) is 60.6 Å². The summed E-state index contributed by atoms with van der Waals surface area (Å²) in [5, 5.41) is 2.87. The van der Waals surface area contributed by atoms with Crippen LogP contribution in [0.3, 0.4) is 0 Å². The third-order valence-corrected chi connectivity index (χ3v) is 6.11. The van der Waals surface area contributed by atoms with Gasteiger partial charge >= 0.3 is 0 Å². The largest absolute Gasteiger partial charge is 0.348 e. The standard InChI is InChI=1S/C25H21FN2O2S/c1-3-17-10-12-18(13-11-17)28-24(29)22(27-21-7-5-4-6-20(21)26)23(25(28)30)31-19-14-8-16(2)9-15-19/h4-15,27H,3H2,1-2H3. The summed E-state index contributed by atoms with van der Waals surface area (Å²) in [5.41, 5.74) is 2.90. The fourth-order valence-corrected chi connectivity index (χ4v) is 4.18. The fourth-order valence-electron chi connectivity index (χ4n) is 3.25. The highest BCUT2D eigenvalue weighted by Gasteiger charge is 2.40. The molecule has 0 fully saturated rings. The number of imide groups is 1. The molecular formula is C25H21FN2O2S. The maximum atomic E-state index is 14.3. The molecule has 0 bridgehead atoms. The molecule has 0 saturated heterocycles. The van der Waals surface area contributed by atoms with Gasteiger partial charge in [0.2, 0.25) is 0 Å². The first kappa shape index (κ1) is 20.9. The molecule has 31 heavy (non-hydrogen) atoms. The van der Waals surface area contributed by atoms with Crippen molar-refractivity contribution in [1.29, 1.82) is 0 Å². The minimum absolute atomic E-state index is 0.0697. The number of anilines is 2. The molecule has 156 valence electrons. The van der Waals surface area contributed by atoms with Crippen molar-refractivity contribution < 1.29 is 14.0 Å². The van der Waals surface area contributed by atoms with Crippen LogP contribution in [-0.4, -0.2) is 11.8 Å². The molecule has 0 radical (unpaired) electrons. The molecule has 0 unspecified atom stereocenters. The zero-order chi connectivity index (χ0) is 22.0. The van der Waals surface area contributed by atoms with Crippen molar-refractivity contribution in [2.45, 2.75) is 25.2 Å². The minimum atomic E-state index is -0.507. The average Bonchev–Trinajstić information content (AvgIpc) is 3.01. The molecule has 4 rings (SSSR count). The van der Waals surface area contributed by atoms with E-state index in [1.54, 1.807) is 24.3 Å². The molecular weight excluding hydrogens is 411 g/mol. The Hall–Kier alpha value is -3.38. The van der Waals surface area contributed by atoms with E-state index in [-0.39, 0.29) is 16.3 Å². The van der Waals surface area contributed by atoms with Crippen LogP contribution in [0.5, 0.6) is 0 Å². The molecule has 1 aliphatic rings. The Morgan fingerprint density at radius 3 is 2.23 bits per heavy atom. The Balaban J connectivity index is 1.74. The summed E-state index contributed by atoms with van der Waals surface area (Å²) in [6, 6.07) is 21.0. The van der Waals surface area contributed by atoms with E-state index >= 15 is 0 Å². The quantitative estimate of drug-likeness (QED) is 0.509. The summed E-state index contributed by atoms with van der Waals surface area (Å²) in [4.78, 5) is 28.8. The second-order valence-electron chi connectivity index (χ2n) is 7.19. The summed E-state index contributed by atoms with van der Waals surface area (Å²) in [6.07, 6.45) is 0.856. The molecule has 1 aliphatic heterocycles. The molecule has 0 spiro atoms. The lowest BCUT2D eigenvalue weighted by Crippen LogP contribution is -2.32. The predicted molar refractivity (Wildman–Crippen MR) is 122 cm³/mol. The number of nitrogens with one attached hydrogen (secondary N) is 1. The van der Waals surface area contributed by atoms with E-state index in [9.17, 15) is 14.0 Å². The smallest absolute Gasteiger partial charge is 0.283 e. The van der Waals surface area contributed by atoms with Crippen molar-refractivity contribution in [3.63, 3.8) is 0 Å². The van der Waals surface area contributed by atoms with E-state index in [0.717, 1.165) is 27.3 Å². The van der Waals surface area contributed by atoms with Gasteiger partial charge in [-0.05, 0) is 55.3 Å². The highest BCUT2D eigenvalue weighted by Crippen LogP contribution is 2.38. The zero-order valence-corrected chi connectivity index (χ0v) is 18.0. The van der Waals surface area contributed by atoms with E-state index in [0.29, 0.717) is 5.69 Å². The number of para-hydroxylation sites is 1. The summed E-state index contributed by atoms with van der Waals surface area (Å²) in [6.45, 7) is 4.01. The lowest BCUT2D eigenvalue weighted by atomic mass is 10.1. The van der Waals surface area contributed by atoms with Crippen LogP contribution in [0.25, 0.3) is 0 Å². The van der Waals surface area contributed by atoms with Gasteiger partial charge in [0.05, 0.1) is 11.4 Å². The Morgan fingerprint density at radius 2 is 1.58 bits per heavy atom. The van der Waals surface area contributed by atoms with Gasteiger partial charge in [0.15, 0.2) is 0 Å². The number of thioether (sulfide) groups is 1. The van der Waals surface area contributed by atoms with Gasteiger partial charge in [-0.25, -0.2) is 9.29 Å². The molecule has 0 atom stereocenters. The van der Waals surface area contributed by atoms with Crippen LogP contribution in [0.4, 0.5) is 15.8 Å². The number of amides is 2. The predicted octanol–water partition coefficient (Wildman–Crippen LogP) is 5.69. The molecule has 0 aliphatic carbocycles. The third-order valence-electron chi connectivity index (χ3n) is 5.02. The first-order valence-corrected chi connectivity index (χ1v) is 10.8. The van der Waals surface area contributed by atoms with Gasteiger partial charge in [-0.15, -0.1) is 0 Å². The van der Waals surface area contributed by atoms with Crippen LogP contribution in [0, 0.1) is 12.7 Å². The molecule has 0 aromatic heterocycles. The van der Waals surface area contributed by atoms with Crippen molar-refractivity contribution >= 4 is 35.0 Å². The molecule has 6 heteroatoms. The first-order valence-electron chi connectivity index (χ1n) is 9.96. The van der Waals surface area contributed by atoms with Gasteiger partial charge in [-0.2, -0.15) is 0 Å². The van der Waals surface area contributed by atoms with Crippen molar-refractivity contribution in [2.24, 2.45) is 0 Å². The molecule has 0 saturated carbocycles. The number of carbonyl (C=O) groups is 2. The third kappa shape index (κ3) is 4.25. The fraction of sp³-hybridized carbons (Fsp3) is 0.120. The monoisotopic (exact) mass is 432 g/mol. The number of carbonyl (C=O) groups excluding carboxylic acids is 2. The SMILES string of the molecule is CCc1ccc(N2C(=O)C(Nc3ccccc3F)=C(Sc3ccc(C)cc3)C2=O)cc1. The molecule has 1 heterocycles. The summed E-state index contributed by atoms with van der Waals surface area (Å²) in [7, 11) is 0. The highest BCUT2D eigenvalue weighted by atomic mass is 32.2. The number of hydrogen-bond donors (Lipinski definition) is 1. The normalized spacial score (nSPS) is 13.8. The Bertz CT molecular complexity index is 1170. The zero-order valence-electron chi connectivity index (χ0n) is 17.2. The Kier molecular flexibility index (Phi) is 5.91. The molecule has 1 N–H and O–H groups in total. The van der Waals surface area contributed by atoms with Crippen LogP contribution >= 0.6 is 11.8 Å². The first-order chi connectivity index (χ1) is 15.0. The highest BCUT2D eigenvalue weighted by molar-refractivity contribution is 8.04. The summed E-state index contributed by atoms with van der Waals surface area (Å²) >= 11 is 1.19. The average molecular weight is 433 g/mol. The maximum absolute atomic E-state index is 14.3. The van der Waals surface area contributed by atoms with Gasteiger partial charge < -0.3 is 5.32 Å². The number of nitrogens with zero attached hydrogens (tertiary/aromatic N) is 1. The minimum Gasteiger partial charge on any atom is -0.348 e. The van der Waals surface area contributed by atoms with E-state index in [1.807, 2.05) is 50.2 Å². The molecule has 3 aromatic carbocycles. The number of rotatable bonds is 6. The van der Waals surface area contributed by atoms with Crippen LogP contribution in [0.2, 0.25) is 0 Å². The van der Waals surface area contributed by atoms with Crippen molar-refractivity contribution in [2.75, 3.05) is 10.2 Å². The van der Waals surface area contributed by atoms with E-state index in [2.05, 4.69) is 5.32 Å². The lowest BCUT2D eigenvalue weighted by Gasteiger charge is -2.16. The van der Waals surface area contributed by atoms with Crippen molar-refractivity contribution in [3.8, 4) is 0 Å². The summed E-state index contributed by atoms with van der Waals surface area (Å²) in [5.74, 6) is -1.44. The molecule has 4 nitrogen and oxygen atoms in total. The Labute approximate surface area is 184 Å². The number of hydrogen-bond acceptors (Lipinski definition) is 4. The van der Waals surface area contributed by atoms with E-state index in [4.69, 9.17) is 0 Å². The number of aryl methyl sites for hydroxylation is 2. The second-order valence-corrected chi connectivity index (χ2v) is 8.27. The molecule has 2 amide bonds. The van der Waals surface area contributed by atoms with E-state index < -0.39 is 17.6 Å². The van der Waals surface area contributed by atoms with Crippen LogP contribution in [0.1, 0.15) is 18.1 Å². The molecule has 3 aromatic rings. The number of halogens is 1. The Morgan fingerprint density at radius 1 is 0.903 bits per heavy atom. The van der Waals surface area contributed by atoms with Crippen molar-refractivity contribution in [1.82, 2.24) is 0 Å². The maximum Gasteiger partial charge on any atom is 0.283 e. The van der Waals surface area contributed by atoms with Gasteiger partial charge in [0.25, 0.3) is 11.8 Å². The van der Waals surface area contributed by atoms with Gasteiger partial charge in [0, 0.05) is 4.90 Å². The summed E-state index contributed by atoms with van der Waals surface area (Å²) < 4.78 is 14.3. The number of benzene rings is 3. The van der Waals surface area contributed by atoms with Gasteiger partial charge in [-0.3, -0.25) is 9.59 Å². The van der Waals surface area contributed by atoms with E-state index in [1.165, 1.54) is 23.9 Å². The van der Waals surface area contributed by atoms with Crippen LogP contribution < -0.4 is 10.2 Å². The lowest BCUT2D eigenvalue weighted by molar-refractivity contribution is -0.120. The van der Waals surface area contributed by atoms with Gasteiger partial charge in [0.1, 0.15) is 16.4 Å². The van der Waals surface area contributed by atoms with Crippen LogP contribution in [-0.2, 0) is 16.0 Å². The van der Waals surface area contributed by atoms with Crippen molar-refractivity contribution in [3.05, 3.63) is 100 Å². The van der Waals surface area contributed by atoms with Crippen LogP contribution in [0.15, 0.2) is 88.3 Å². The second kappa shape index (κ2) is 8.78.